The zero-order chi connectivity index (χ0) is 14.7. The predicted molar refractivity (Wildman–Crippen MR) is 85.7 cm³/mol. The number of hydrogen-bond donors (Lipinski definition) is 1. The topological polar surface area (TPSA) is 53.1 Å². The quantitative estimate of drug-likeness (QED) is 0.730. The summed E-state index contributed by atoms with van der Waals surface area (Å²) in [6, 6.07) is 15.4. The number of nitrogens with two attached hydrogens (primary N) is 1. The molecule has 108 valence electrons. The third kappa shape index (κ3) is 3.11. The van der Waals surface area contributed by atoms with Gasteiger partial charge in [0.25, 0.3) is 0 Å². The summed E-state index contributed by atoms with van der Waals surface area (Å²) in [4.78, 5) is 4.33. The number of hydrogen-bond acceptors (Lipinski definition) is 3. The SMILES string of the molecule is Nc1nc2cc(Cl)ccc2n1CCCOc1ccccc1. The highest BCUT2D eigenvalue weighted by Gasteiger charge is 2.08. The van der Waals surface area contributed by atoms with Crippen LogP contribution in [0.15, 0.2) is 48.5 Å². The van der Waals surface area contributed by atoms with Crippen LogP contribution >= 0.6 is 11.6 Å². The molecule has 0 aliphatic rings. The molecular weight excluding hydrogens is 286 g/mol. The number of nitrogens with zero attached hydrogens (tertiary/aromatic N) is 2. The highest BCUT2D eigenvalue weighted by molar-refractivity contribution is 6.31. The van der Waals surface area contributed by atoms with Gasteiger partial charge in [0.15, 0.2) is 0 Å². The fourth-order valence-corrected chi connectivity index (χ4v) is 2.45. The van der Waals surface area contributed by atoms with Crippen LogP contribution in [0.4, 0.5) is 5.95 Å². The van der Waals surface area contributed by atoms with Crippen LogP contribution in [-0.4, -0.2) is 16.2 Å². The number of aryl methyl sites for hydroxylation is 1. The highest BCUT2D eigenvalue weighted by Crippen LogP contribution is 2.22. The molecule has 3 aromatic rings. The van der Waals surface area contributed by atoms with Crippen LogP contribution in [0.2, 0.25) is 5.02 Å². The van der Waals surface area contributed by atoms with Crippen molar-refractivity contribution in [3.8, 4) is 5.75 Å². The van der Waals surface area contributed by atoms with Crippen molar-refractivity contribution in [3.05, 3.63) is 53.6 Å². The van der Waals surface area contributed by atoms with E-state index in [9.17, 15) is 0 Å². The van der Waals surface area contributed by atoms with Gasteiger partial charge >= 0.3 is 0 Å². The molecule has 0 fully saturated rings. The molecule has 0 radical (unpaired) electrons. The summed E-state index contributed by atoms with van der Waals surface area (Å²) in [5, 5.41) is 0.666. The van der Waals surface area contributed by atoms with Crippen molar-refractivity contribution in [2.24, 2.45) is 0 Å². The number of nitrogen functional groups attached to an aromatic ring is 1. The molecule has 21 heavy (non-hydrogen) atoms. The first kappa shape index (κ1) is 13.8. The van der Waals surface area contributed by atoms with Gasteiger partial charge in [0, 0.05) is 11.6 Å². The van der Waals surface area contributed by atoms with E-state index in [1.165, 1.54) is 0 Å². The molecule has 2 N–H and O–H groups in total. The van der Waals surface area contributed by atoms with Crippen LogP contribution in [0.5, 0.6) is 5.75 Å². The van der Waals surface area contributed by atoms with Crippen LogP contribution in [0, 0.1) is 0 Å². The first-order valence-corrected chi connectivity index (χ1v) is 7.21. The number of aromatic nitrogens is 2. The fraction of sp³-hybridized carbons (Fsp3) is 0.188. The van der Waals surface area contributed by atoms with E-state index >= 15 is 0 Å². The number of halogens is 1. The van der Waals surface area contributed by atoms with Crippen LogP contribution in [0.3, 0.4) is 0 Å². The molecule has 2 aromatic carbocycles. The van der Waals surface area contributed by atoms with Crippen molar-refractivity contribution in [1.29, 1.82) is 0 Å². The summed E-state index contributed by atoms with van der Waals surface area (Å²) >= 11 is 5.96. The Morgan fingerprint density at radius 1 is 1.14 bits per heavy atom. The van der Waals surface area contributed by atoms with Crippen molar-refractivity contribution in [2.45, 2.75) is 13.0 Å². The minimum atomic E-state index is 0.506. The Morgan fingerprint density at radius 3 is 2.76 bits per heavy atom. The maximum absolute atomic E-state index is 5.96. The maximum Gasteiger partial charge on any atom is 0.201 e. The number of benzene rings is 2. The van der Waals surface area contributed by atoms with Gasteiger partial charge < -0.3 is 15.0 Å². The van der Waals surface area contributed by atoms with Gasteiger partial charge in [-0.05, 0) is 36.8 Å². The Morgan fingerprint density at radius 2 is 1.95 bits per heavy atom. The lowest BCUT2D eigenvalue weighted by atomic mass is 10.3. The van der Waals surface area contributed by atoms with E-state index in [0.29, 0.717) is 17.6 Å². The monoisotopic (exact) mass is 301 g/mol. The zero-order valence-corrected chi connectivity index (χ0v) is 12.3. The largest absolute Gasteiger partial charge is 0.494 e. The second-order valence-electron chi connectivity index (χ2n) is 4.77. The van der Waals surface area contributed by atoms with Crippen molar-refractivity contribution >= 4 is 28.6 Å². The van der Waals surface area contributed by atoms with E-state index in [2.05, 4.69) is 4.98 Å². The molecule has 0 amide bonds. The summed E-state index contributed by atoms with van der Waals surface area (Å²) in [6.45, 7) is 1.40. The maximum atomic E-state index is 5.96. The Kier molecular flexibility index (Phi) is 3.97. The summed E-state index contributed by atoms with van der Waals surface area (Å²) in [5.74, 6) is 1.39. The molecule has 5 heteroatoms. The molecule has 0 atom stereocenters. The fourth-order valence-electron chi connectivity index (χ4n) is 2.29. The van der Waals surface area contributed by atoms with Crippen LogP contribution < -0.4 is 10.5 Å². The molecule has 0 unspecified atom stereocenters. The summed E-state index contributed by atoms with van der Waals surface area (Å²) in [5.41, 5.74) is 7.78. The number of anilines is 1. The summed E-state index contributed by atoms with van der Waals surface area (Å²) < 4.78 is 7.67. The zero-order valence-electron chi connectivity index (χ0n) is 11.5. The molecule has 3 rings (SSSR count). The van der Waals surface area contributed by atoms with Gasteiger partial charge in [-0.3, -0.25) is 0 Å². The van der Waals surface area contributed by atoms with Crippen molar-refractivity contribution in [1.82, 2.24) is 9.55 Å². The van der Waals surface area contributed by atoms with E-state index in [-0.39, 0.29) is 0 Å². The first-order chi connectivity index (χ1) is 10.2. The number of para-hydroxylation sites is 1. The molecule has 0 aliphatic carbocycles. The molecular formula is C16H16ClN3O. The standard InChI is InChI=1S/C16H16ClN3O/c17-12-7-8-15-14(11-12)19-16(18)20(15)9-4-10-21-13-5-2-1-3-6-13/h1-3,5-8,11H,4,9-10H2,(H2,18,19). The molecule has 0 spiro atoms. The number of rotatable bonds is 5. The smallest absolute Gasteiger partial charge is 0.201 e. The lowest BCUT2D eigenvalue weighted by molar-refractivity contribution is 0.303. The van der Waals surface area contributed by atoms with Gasteiger partial charge in [-0.15, -0.1) is 0 Å². The normalized spacial score (nSPS) is 10.9. The van der Waals surface area contributed by atoms with Crippen molar-refractivity contribution in [2.75, 3.05) is 12.3 Å². The second kappa shape index (κ2) is 6.06. The van der Waals surface area contributed by atoms with Crippen LogP contribution in [0.25, 0.3) is 11.0 Å². The minimum Gasteiger partial charge on any atom is -0.494 e. The highest BCUT2D eigenvalue weighted by atomic mass is 35.5. The van der Waals surface area contributed by atoms with Crippen LogP contribution in [-0.2, 0) is 6.54 Å². The number of ether oxygens (including phenoxy) is 1. The van der Waals surface area contributed by atoms with Gasteiger partial charge in [-0.25, -0.2) is 4.98 Å². The third-order valence-electron chi connectivity index (χ3n) is 3.28. The first-order valence-electron chi connectivity index (χ1n) is 6.83. The Bertz CT molecular complexity index is 740. The molecule has 0 saturated heterocycles. The lowest BCUT2D eigenvalue weighted by Gasteiger charge is -2.08. The predicted octanol–water partition coefficient (Wildman–Crippen LogP) is 3.74. The molecule has 0 aliphatic heterocycles. The van der Waals surface area contributed by atoms with E-state index in [4.69, 9.17) is 22.1 Å². The molecule has 0 saturated carbocycles. The van der Waals surface area contributed by atoms with Crippen molar-refractivity contribution in [3.63, 3.8) is 0 Å². The lowest BCUT2D eigenvalue weighted by Crippen LogP contribution is -2.07. The Labute approximate surface area is 128 Å². The average Bonchev–Trinajstić information content (AvgIpc) is 2.79. The Balaban J connectivity index is 1.64. The summed E-state index contributed by atoms with van der Waals surface area (Å²) in [7, 11) is 0. The third-order valence-corrected chi connectivity index (χ3v) is 3.51. The van der Waals surface area contributed by atoms with E-state index in [0.717, 1.165) is 29.7 Å². The van der Waals surface area contributed by atoms with Gasteiger partial charge in [-0.1, -0.05) is 29.8 Å². The molecule has 1 heterocycles. The molecule has 4 nitrogen and oxygen atoms in total. The van der Waals surface area contributed by atoms with E-state index in [1.807, 2.05) is 53.1 Å². The van der Waals surface area contributed by atoms with Gasteiger partial charge in [0.2, 0.25) is 5.95 Å². The summed E-state index contributed by atoms with van der Waals surface area (Å²) in [6.07, 6.45) is 0.854. The average molecular weight is 302 g/mol. The number of fused-ring (bicyclic) bond motifs is 1. The van der Waals surface area contributed by atoms with E-state index in [1.54, 1.807) is 0 Å². The molecule has 1 aromatic heterocycles. The van der Waals surface area contributed by atoms with Crippen molar-refractivity contribution < 1.29 is 4.74 Å². The van der Waals surface area contributed by atoms with Gasteiger partial charge in [0.1, 0.15) is 5.75 Å². The number of imidazole rings is 1. The van der Waals surface area contributed by atoms with Crippen LogP contribution in [0.1, 0.15) is 6.42 Å². The molecule has 0 bridgehead atoms. The van der Waals surface area contributed by atoms with Gasteiger partial charge in [-0.2, -0.15) is 0 Å². The van der Waals surface area contributed by atoms with Gasteiger partial charge in [0.05, 0.1) is 17.6 Å². The Hall–Kier alpha value is -2.20. The van der Waals surface area contributed by atoms with E-state index < -0.39 is 0 Å². The minimum absolute atomic E-state index is 0.506. The second-order valence-corrected chi connectivity index (χ2v) is 5.21.